The molecule has 2 aromatic heterocycles. The van der Waals surface area contributed by atoms with Gasteiger partial charge in [-0.15, -0.1) is 0 Å². The van der Waals surface area contributed by atoms with Crippen molar-refractivity contribution in [3.63, 3.8) is 0 Å². The fourth-order valence-electron chi connectivity index (χ4n) is 5.52. The Morgan fingerprint density at radius 2 is 1.73 bits per heavy atom. The summed E-state index contributed by atoms with van der Waals surface area (Å²) in [5, 5.41) is 4.17. The maximum atomic E-state index is 15.4. The Morgan fingerprint density at radius 3 is 2.50 bits per heavy atom. The number of hydrogen-bond acceptors (Lipinski definition) is 4. The minimum absolute atomic E-state index is 0.0161. The number of anilines is 1. The van der Waals surface area contributed by atoms with Crippen LogP contribution in [0, 0.1) is 5.82 Å². The van der Waals surface area contributed by atoms with E-state index in [1.54, 1.807) is 24.4 Å². The molecule has 44 heavy (non-hydrogen) atoms. The second-order valence-electron chi connectivity index (χ2n) is 10.7. The number of carbonyl (C=O) groups is 1. The first-order valence-corrected chi connectivity index (χ1v) is 14.6. The average molecular weight is 604 g/mol. The van der Waals surface area contributed by atoms with E-state index < -0.39 is 5.82 Å². The standard InChI is InChI=1S/C36H27ClFN3O3/c1-22(42)40-36-33-29(25-12-15-32(30(38)19-25)43-21-23-10-13-27(37)14-11-23)20-41(31(33)16-17-39-36)28-9-5-8-26(18-28)35-34(44-35)24-6-3-2-4-7-24/h2-20,34-35H,21H2,1H3,(H,39,40,42). The number of nitrogens with one attached hydrogen (secondary N) is 1. The van der Waals surface area contributed by atoms with E-state index in [0.29, 0.717) is 21.8 Å². The fraction of sp³-hybridized carbons (Fsp3) is 0.111. The molecular formula is C36H27ClFN3O3. The third kappa shape index (κ3) is 5.55. The van der Waals surface area contributed by atoms with Gasteiger partial charge in [0.15, 0.2) is 11.6 Å². The molecule has 1 aliphatic heterocycles. The van der Waals surface area contributed by atoms with Gasteiger partial charge < -0.3 is 19.4 Å². The Labute approximate surface area is 258 Å². The van der Waals surface area contributed by atoms with Gasteiger partial charge in [0.05, 0.1) is 10.9 Å². The van der Waals surface area contributed by atoms with Gasteiger partial charge in [-0.05, 0) is 64.7 Å². The number of pyridine rings is 1. The molecule has 8 heteroatoms. The highest BCUT2D eigenvalue weighted by Gasteiger charge is 2.41. The largest absolute Gasteiger partial charge is 0.486 e. The van der Waals surface area contributed by atoms with Crippen LogP contribution in [0.1, 0.15) is 35.8 Å². The first-order chi connectivity index (χ1) is 21.4. The zero-order chi connectivity index (χ0) is 30.2. The molecule has 0 bridgehead atoms. The maximum absolute atomic E-state index is 15.4. The van der Waals surface area contributed by atoms with Crippen LogP contribution in [-0.2, 0) is 16.1 Å². The van der Waals surface area contributed by atoms with E-state index in [4.69, 9.17) is 21.1 Å². The molecule has 6 nitrogen and oxygen atoms in total. The van der Waals surface area contributed by atoms with E-state index >= 15 is 4.39 Å². The lowest BCUT2D eigenvalue weighted by atomic mass is 10.0. The molecule has 0 spiro atoms. The predicted octanol–water partition coefficient (Wildman–Crippen LogP) is 8.84. The maximum Gasteiger partial charge on any atom is 0.222 e. The summed E-state index contributed by atoms with van der Waals surface area (Å²) in [4.78, 5) is 16.6. The van der Waals surface area contributed by atoms with Crippen molar-refractivity contribution >= 4 is 34.2 Å². The molecule has 1 N–H and O–H groups in total. The van der Waals surface area contributed by atoms with Crippen molar-refractivity contribution in [2.75, 3.05) is 5.32 Å². The van der Waals surface area contributed by atoms with Gasteiger partial charge in [-0.3, -0.25) is 4.79 Å². The number of rotatable bonds is 8. The normalized spacial score (nSPS) is 15.7. The number of ether oxygens (including phenoxy) is 2. The molecule has 218 valence electrons. The first-order valence-electron chi connectivity index (χ1n) is 14.2. The summed E-state index contributed by atoms with van der Waals surface area (Å²) in [6.45, 7) is 1.64. The molecule has 0 saturated carbocycles. The van der Waals surface area contributed by atoms with Crippen LogP contribution in [0.2, 0.25) is 5.02 Å². The summed E-state index contributed by atoms with van der Waals surface area (Å²) < 4.78 is 29.3. The molecule has 1 amide bonds. The molecule has 1 aliphatic rings. The molecule has 6 aromatic rings. The van der Waals surface area contributed by atoms with Crippen LogP contribution in [0.4, 0.5) is 10.2 Å². The van der Waals surface area contributed by atoms with Gasteiger partial charge in [0, 0.05) is 35.6 Å². The molecule has 2 unspecified atom stereocenters. The van der Waals surface area contributed by atoms with Crippen LogP contribution in [-0.4, -0.2) is 15.5 Å². The van der Waals surface area contributed by atoms with Crippen LogP contribution in [0.15, 0.2) is 116 Å². The highest BCUT2D eigenvalue weighted by atomic mass is 35.5. The van der Waals surface area contributed by atoms with Crippen LogP contribution >= 0.6 is 11.6 Å². The average Bonchev–Trinajstić information content (AvgIpc) is 3.75. The van der Waals surface area contributed by atoms with Gasteiger partial charge in [0.1, 0.15) is 24.6 Å². The summed E-state index contributed by atoms with van der Waals surface area (Å²) in [6.07, 6.45) is 3.58. The summed E-state index contributed by atoms with van der Waals surface area (Å²) >= 11 is 5.97. The minimum Gasteiger partial charge on any atom is -0.486 e. The van der Waals surface area contributed by atoms with E-state index in [2.05, 4.69) is 34.6 Å². The van der Waals surface area contributed by atoms with Crippen LogP contribution in [0.3, 0.4) is 0 Å². The van der Waals surface area contributed by atoms with Crippen molar-refractivity contribution in [1.29, 1.82) is 0 Å². The van der Waals surface area contributed by atoms with Crippen molar-refractivity contribution in [2.24, 2.45) is 0 Å². The van der Waals surface area contributed by atoms with Crippen molar-refractivity contribution < 1.29 is 18.7 Å². The highest BCUT2D eigenvalue weighted by molar-refractivity contribution is 6.30. The second-order valence-corrected chi connectivity index (χ2v) is 11.1. The van der Waals surface area contributed by atoms with Crippen molar-refractivity contribution in [3.8, 4) is 22.6 Å². The molecule has 0 aliphatic carbocycles. The lowest BCUT2D eigenvalue weighted by molar-refractivity contribution is -0.114. The summed E-state index contributed by atoms with van der Waals surface area (Å²) in [5.41, 5.74) is 6.14. The Kier molecular flexibility index (Phi) is 7.34. The quantitative estimate of drug-likeness (QED) is 0.176. The van der Waals surface area contributed by atoms with Gasteiger partial charge in [-0.1, -0.05) is 72.3 Å². The third-order valence-corrected chi connectivity index (χ3v) is 7.91. The summed E-state index contributed by atoms with van der Waals surface area (Å²) in [7, 11) is 0. The summed E-state index contributed by atoms with van der Waals surface area (Å²) in [5.74, 6) is -0.210. The van der Waals surface area contributed by atoms with Gasteiger partial charge in [-0.2, -0.15) is 0 Å². The number of nitrogens with zero attached hydrogens (tertiary/aromatic N) is 2. The van der Waals surface area contributed by atoms with Crippen LogP contribution < -0.4 is 10.1 Å². The first kappa shape index (κ1) is 27.8. The van der Waals surface area contributed by atoms with E-state index in [-0.39, 0.29) is 30.5 Å². The monoisotopic (exact) mass is 603 g/mol. The number of epoxide rings is 1. The van der Waals surface area contributed by atoms with E-state index in [0.717, 1.165) is 33.5 Å². The Hall–Kier alpha value is -4.98. The predicted molar refractivity (Wildman–Crippen MR) is 170 cm³/mol. The van der Waals surface area contributed by atoms with E-state index in [9.17, 15) is 4.79 Å². The van der Waals surface area contributed by atoms with Crippen molar-refractivity contribution in [1.82, 2.24) is 9.55 Å². The van der Waals surface area contributed by atoms with Crippen LogP contribution in [0.5, 0.6) is 5.75 Å². The molecule has 4 aromatic carbocycles. The minimum atomic E-state index is -0.498. The fourth-order valence-corrected chi connectivity index (χ4v) is 5.64. The Bertz CT molecular complexity index is 1990. The number of amides is 1. The molecular weight excluding hydrogens is 577 g/mol. The van der Waals surface area contributed by atoms with E-state index in [1.807, 2.05) is 65.4 Å². The number of benzene rings is 4. The second kappa shape index (κ2) is 11.6. The molecule has 0 radical (unpaired) electrons. The van der Waals surface area contributed by atoms with Gasteiger partial charge >= 0.3 is 0 Å². The lowest BCUT2D eigenvalue weighted by Gasteiger charge is -2.10. The number of carbonyl (C=O) groups excluding carboxylic acids is 1. The van der Waals surface area contributed by atoms with Crippen molar-refractivity contribution in [3.05, 3.63) is 143 Å². The molecule has 2 atom stereocenters. The molecule has 7 rings (SSSR count). The highest BCUT2D eigenvalue weighted by Crippen LogP contribution is 2.51. The topological polar surface area (TPSA) is 68.7 Å². The Balaban J connectivity index is 1.25. The Morgan fingerprint density at radius 1 is 0.955 bits per heavy atom. The number of halogens is 2. The molecule has 1 saturated heterocycles. The molecule has 1 fully saturated rings. The zero-order valence-electron chi connectivity index (χ0n) is 23.7. The zero-order valence-corrected chi connectivity index (χ0v) is 24.5. The summed E-state index contributed by atoms with van der Waals surface area (Å²) in [6, 6.07) is 32.3. The third-order valence-electron chi connectivity index (χ3n) is 7.66. The van der Waals surface area contributed by atoms with Gasteiger partial charge in [-0.25, -0.2) is 9.37 Å². The van der Waals surface area contributed by atoms with Crippen molar-refractivity contribution in [2.45, 2.75) is 25.7 Å². The smallest absolute Gasteiger partial charge is 0.222 e. The van der Waals surface area contributed by atoms with Gasteiger partial charge in [0.2, 0.25) is 5.91 Å². The SMILES string of the molecule is CC(=O)Nc1nccc2c1c(-c1ccc(OCc3ccc(Cl)cc3)c(F)c1)cn2-c1cccc(C2OC2c2ccccc2)c1. The number of fused-ring (bicyclic) bond motifs is 1. The van der Waals surface area contributed by atoms with Gasteiger partial charge in [0.25, 0.3) is 0 Å². The number of aromatic nitrogens is 2. The van der Waals surface area contributed by atoms with E-state index in [1.165, 1.54) is 13.0 Å². The van der Waals surface area contributed by atoms with Crippen LogP contribution in [0.25, 0.3) is 27.7 Å². The lowest BCUT2D eigenvalue weighted by Crippen LogP contribution is -2.07. The molecule has 3 heterocycles. The number of hydrogen-bond donors (Lipinski definition) is 1.